The van der Waals surface area contributed by atoms with Crippen molar-refractivity contribution in [1.29, 1.82) is 0 Å². The molecule has 98 valence electrons. The summed E-state index contributed by atoms with van der Waals surface area (Å²) in [4.78, 5) is 17.1. The number of hydrogen-bond acceptors (Lipinski definition) is 3. The molecule has 0 radical (unpaired) electrons. The van der Waals surface area contributed by atoms with Crippen molar-refractivity contribution in [3.05, 3.63) is 47.2 Å². The van der Waals surface area contributed by atoms with Crippen LogP contribution in [-0.2, 0) is 4.79 Å². The molecule has 0 aliphatic rings. The number of halogens is 1. The molecule has 2 rings (SSSR count). The maximum atomic E-state index is 10.9. The number of rotatable bonds is 3. The van der Waals surface area contributed by atoms with Gasteiger partial charge in [0.15, 0.2) is 0 Å². The largest absolute Gasteiger partial charge is 0.326 e. The molecule has 2 aromatic rings. The van der Waals surface area contributed by atoms with Gasteiger partial charge in [0.05, 0.1) is 0 Å². The Morgan fingerprint density at radius 1 is 1.32 bits per heavy atom. The number of hydrogen-bond donors (Lipinski definition) is 1. The summed E-state index contributed by atoms with van der Waals surface area (Å²) in [5.74, 6) is -0.0721. The molecule has 5 heteroatoms. The highest BCUT2D eigenvalue weighted by atomic mass is 35.5. The van der Waals surface area contributed by atoms with Gasteiger partial charge in [-0.25, -0.2) is 4.98 Å². The molecule has 0 saturated carbocycles. The molecular formula is C14H13ClN2OS. The number of nitrogens with one attached hydrogen (secondary N) is 1. The molecule has 1 aromatic heterocycles. The van der Waals surface area contributed by atoms with Crippen molar-refractivity contribution in [1.82, 2.24) is 4.98 Å². The fraction of sp³-hybridized carbons (Fsp3) is 0.143. The van der Waals surface area contributed by atoms with Gasteiger partial charge < -0.3 is 5.32 Å². The van der Waals surface area contributed by atoms with Crippen LogP contribution in [0.2, 0.25) is 5.15 Å². The molecule has 0 aliphatic heterocycles. The number of carbonyl (C=O) groups excluding carboxylic acids is 1. The van der Waals surface area contributed by atoms with Gasteiger partial charge in [-0.05, 0) is 42.8 Å². The Kier molecular flexibility index (Phi) is 4.45. The molecule has 1 heterocycles. The van der Waals surface area contributed by atoms with Crippen LogP contribution in [-0.4, -0.2) is 10.9 Å². The van der Waals surface area contributed by atoms with Gasteiger partial charge in [-0.1, -0.05) is 23.4 Å². The minimum Gasteiger partial charge on any atom is -0.326 e. The third-order valence-corrected chi connectivity index (χ3v) is 3.80. The maximum Gasteiger partial charge on any atom is 0.221 e. The van der Waals surface area contributed by atoms with Gasteiger partial charge in [-0.15, -0.1) is 0 Å². The molecule has 1 aromatic carbocycles. The highest BCUT2D eigenvalue weighted by molar-refractivity contribution is 7.99. The maximum absolute atomic E-state index is 10.9. The second-order valence-corrected chi connectivity index (χ2v) is 5.58. The molecule has 0 bridgehead atoms. The molecule has 19 heavy (non-hydrogen) atoms. The highest BCUT2D eigenvalue weighted by Gasteiger charge is 2.04. The Balaban J connectivity index is 2.15. The number of nitrogens with zero attached hydrogens (tertiary/aromatic N) is 1. The van der Waals surface area contributed by atoms with E-state index in [9.17, 15) is 4.79 Å². The second-order valence-electron chi connectivity index (χ2n) is 4.08. The van der Waals surface area contributed by atoms with E-state index in [0.717, 1.165) is 21.0 Å². The Morgan fingerprint density at radius 2 is 2.00 bits per heavy atom. The lowest BCUT2D eigenvalue weighted by atomic mass is 10.3. The zero-order valence-electron chi connectivity index (χ0n) is 10.6. The molecular weight excluding hydrogens is 280 g/mol. The van der Waals surface area contributed by atoms with Crippen LogP contribution in [0.3, 0.4) is 0 Å². The predicted octanol–water partition coefficient (Wildman–Crippen LogP) is 4.15. The normalized spacial score (nSPS) is 10.3. The van der Waals surface area contributed by atoms with Crippen LogP contribution in [0, 0.1) is 6.92 Å². The van der Waals surface area contributed by atoms with E-state index in [-0.39, 0.29) is 5.91 Å². The lowest BCUT2D eigenvalue weighted by Gasteiger charge is -2.07. The topological polar surface area (TPSA) is 42.0 Å². The first-order chi connectivity index (χ1) is 9.04. The predicted molar refractivity (Wildman–Crippen MR) is 78.9 cm³/mol. The van der Waals surface area contributed by atoms with E-state index in [1.807, 2.05) is 37.3 Å². The van der Waals surface area contributed by atoms with Crippen molar-refractivity contribution in [3.63, 3.8) is 0 Å². The average Bonchev–Trinajstić information content (AvgIpc) is 2.35. The molecule has 3 nitrogen and oxygen atoms in total. The Hall–Kier alpha value is -1.52. The first kappa shape index (κ1) is 13.9. The summed E-state index contributed by atoms with van der Waals surface area (Å²) in [7, 11) is 0. The minimum absolute atomic E-state index is 0.0721. The number of benzene rings is 1. The van der Waals surface area contributed by atoms with E-state index in [1.165, 1.54) is 6.92 Å². The van der Waals surface area contributed by atoms with Crippen LogP contribution < -0.4 is 5.32 Å². The zero-order chi connectivity index (χ0) is 13.8. The summed E-state index contributed by atoms with van der Waals surface area (Å²) >= 11 is 7.51. The summed E-state index contributed by atoms with van der Waals surface area (Å²) in [5, 5.41) is 3.23. The molecule has 0 aliphatic carbocycles. The summed E-state index contributed by atoms with van der Waals surface area (Å²) in [6.07, 6.45) is 1.76. The summed E-state index contributed by atoms with van der Waals surface area (Å²) < 4.78 is 0. The van der Waals surface area contributed by atoms with Gasteiger partial charge in [0, 0.05) is 28.6 Å². The van der Waals surface area contributed by atoms with Gasteiger partial charge in [0.25, 0.3) is 0 Å². The summed E-state index contributed by atoms with van der Waals surface area (Å²) in [6, 6.07) is 9.53. The van der Waals surface area contributed by atoms with E-state index in [2.05, 4.69) is 10.3 Å². The van der Waals surface area contributed by atoms with E-state index < -0.39 is 0 Å². The lowest BCUT2D eigenvalue weighted by molar-refractivity contribution is -0.114. The van der Waals surface area contributed by atoms with Crippen LogP contribution in [0.25, 0.3) is 0 Å². The zero-order valence-corrected chi connectivity index (χ0v) is 12.2. The van der Waals surface area contributed by atoms with Crippen LogP contribution in [0.1, 0.15) is 12.5 Å². The van der Waals surface area contributed by atoms with Crippen molar-refractivity contribution in [2.45, 2.75) is 23.6 Å². The fourth-order valence-electron chi connectivity index (χ4n) is 1.53. The third kappa shape index (κ3) is 3.98. The van der Waals surface area contributed by atoms with Gasteiger partial charge in [-0.2, -0.15) is 0 Å². The van der Waals surface area contributed by atoms with Crippen molar-refractivity contribution in [2.75, 3.05) is 5.32 Å². The molecule has 0 unspecified atom stereocenters. The SMILES string of the molecule is CC(=O)Nc1ccc(Sc2cc(Cl)ncc2C)cc1. The number of amides is 1. The van der Waals surface area contributed by atoms with Crippen molar-refractivity contribution >= 4 is 35.0 Å². The third-order valence-electron chi connectivity index (χ3n) is 2.42. The first-order valence-electron chi connectivity index (χ1n) is 5.72. The van der Waals surface area contributed by atoms with Gasteiger partial charge in [0.2, 0.25) is 5.91 Å². The standard InChI is InChI=1S/C14H13ClN2OS/c1-9-8-16-14(15)7-13(9)19-12-5-3-11(4-6-12)17-10(2)18/h3-8H,1-2H3,(H,17,18). The van der Waals surface area contributed by atoms with E-state index in [4.69, 9.17) is 11.6 Å². The van der Waals surface area contributed by atoms with Crippen LogP contribution >= 0.6 is 23.4 Å². The van der Waals surface area contributed by atoms with E-state index >= 15 is 0 Å². The van der Waals surface area contributed by atoms with Crippen LogP contribution in [0.4, 0.5) is 5.69 Å². The fourth-order valence-corrected chi connectivity index (χ4v) is 2.66. The van der Waals surface area contributed by atoms with Gasteiger partial charge >= 0.3 is 0 Å². The summed E-state index contributed by atoms with van der Waals surface area (Å²) in [5.41, 5.74) is 1.88. The molecule has 0 saturated heterocycles. The van der Waals surface area contributed by atoms with Crippen LogP contribution in [0.15, 0.2) is 46.3 Å². The molecule has 0 atom stereocenters. The van der Waals surface area contributed by atoms with Crippen LogP contribution in [0.5, 0.6) is 0 Å². The lowest BCUT2D eigenvalue weighted by Crippen LogP contribution is -2.05. The van der Waals surface area contributed by atoms with Crippen molar-refractivity contribution in [3.8, 4) is 0 Å². The monoisotopic (exact) mass is 292 g/mol. The smallest absolute Gasteiger partial charge is 0.221 e. The number of pyridine rings is 1. The number of anilines is 1. The first-order valence-corrected chi connectivity index (χ1v) is 6.92. The molecule has 0 spiro atoms. The van der Waals surface area contributed by atoms with E-state index in [1.54, 1.807) is 18.0 Å². The highest BCUT2D eigenvalue weighted by Crippen LogP contribution is 2.31. The Morgan fingerprint density at radius 3 is 2.63 bits per heavy atom. The number of aromatic nitrogens is 1. The molecule has 1 amide bonds. The summed E-state index contributed by atoms with van der Waals surface area (Å²) in [6.45, 7) is 3.49. The van der Waals surface area contributed by atoms with Crippen molar-refractivity contribution in [2.24, 2.45) is 0 Å². The van der Waals surface area contributed by atoms with E-state index in [0.29, 0.717) is 5.15 Å². The van der Waals surface area contributed by atoms with Gasteiger partial charge in [0.1, 0.15) is 5.15 Å². The molecule has 0 fully saturated rings. The Labute approximate surface area is 121 Å². The minimum atomic E-state index is -0.0721. The Bertz CT molecular complexity index is 599. The number of aryl methyl sites for hydroxylation is 1. The molecule has 1 N–H and O–H groups in total. The average molecular weight is 293 g/mol. The number of carbonyl (C=O) groups is 1. The van der Waals surface area contributed by atoms with Crippen molar-refractivity contribution < 1.29 is 4.79 Å². The quantitative estimate of drug-likeness (QED) is 0.864. The second kappa shape index (κ2) is 6.08. The van der Waals surface area contributed by atoms with Gasteiger partial charge in [-0.3, -0.25) is 4.79 Å².